The van der Waals surface area contributed by atoms with E-state index in [0.717, 1.165) is 0 Å². The Hall–Kier alpha value is -2.28. The third-order valence-electron chi connectivity index (χ3n) is 5.45. The van der Waals surface area contributed by atoms with Crippen molar-refractivity contribution in [1.82, 2.24) is 19.6 Å². The highest BCUT2D eigenvalue weighted by Crippen LogP contribution is 2.25. The van der Waals surface area contributed by atoms with Crippen molar-refractivity contribution in [3.05, 3.63) is 0 Å². The number of hydrogen-bond donors (Lipinski definition) is 4. The Balaban J connectivity index is 3.26. The molecule has 1 aliphatic heterocycles. The van der Waals surface area contributed by atoms with Gasteiger partial charge in [0.15, 0.2) is 0 Å². The van der Waals surface area contributed by atoms with Crippen molar-refractivity contribution in [3.63, 3.8) is 0 Å². The van der Waals surface area contributed by atoms with Crippen LogP contribution in [0.1, 0.15) is 20.8 Å². The van der Waals surface area contributed by atoms with Crippen molar-refractivity contribution in [3.8, 4) is 0 Å². The SMILES string of the molecule is CC(C)(C)C1CN(CC(=O)O)CCN(CC(=O)O)CCN(CC(=O)O)CCN1CC(=O)O. The van der Waals surface area contributed by atoms with E-state index in [0.29, 0.717) is 13.1 Å². The zero-order chi connectivity index (χ0) is 24.5. The Labute approximate surface area is 188 Å². The number of rotatable bonds is 8. The molecule has 1 heterocycles. The van der Waals surface area contributed by atoms with Crippen LogP contribution in [0.4, 0.5) is 0 Å². The summed E-state index contributed by atoms with van der Waals surface area (Å²) in [5.74, 6) is -4.08. The largest absolute Gasteiger partial charge is 0.480 e. The minimum Gasteiger partial charge on any atom is -0.480 e. The fourth-order valence-electron chi connectivity index (χ4n) is 3.88. The van der Waals surface area contributed by atoms with Crippen LogP contribution in [0.5, 0.6) is 0 Å². The van der Waals surface area contributed by atoms with Crippen LogP contribution < -0.4 is 0 Å². The lowest BCUT2D eigenvalue weighted by Crippen LogP contribution is -2.56. The van der Waals surface area contributed by atoms with Gasteiger partial charge in [-0.3, -0.25) is 38.8 Å². The van der Waals surface area contributed by atoms with Crippen molar-refractivity contribution < 1.29 is 39.6 Å². The van der Waals surface area contributed by atoms with E-state index in [-0.39, 0.29) is 64.9 Å². The number of carboxylic acid groups (broad SMARTS) is 4. The Kier molecular flexibility index (Phi) is 11.0. The van der Waals surface area contributed by atoms with Crippen LogP contribution in [0.15, 0.2) is 0 Å². The fraction of sp³-hybridized carbons (Fsp3) is 0.800. The van der Waals surface area contributed by atoms with Crippen molar-refractivity contribution in [2.45, 2.75) is 26.8 Å². The van der Waals surface area contributed by atoms with Gasteiger partial charge in [0.1, 0.15) is 0 Å². The lowest BCUT2D eigenvalue weighted by Gasteiger charge is -2.43. The van der Waals surface area contributed by atoms with E-state index in [4.69, 9.17) is 0 Å². The molecule has 1 saturated heterocycles. The highest BCUT2D eigenvalue weighted by molar-refractivity contribution is 5.70. The van der Waals surface area contributed by atoms with Crippen molar-refractivity contribution >= 4 is 23.9 Å². The molecule has 0 aromatic rings. The van der Waals surface area contributed by atoms with E-state index < -0.39 is 29.3 Å². The Morgan fingerprint density at radius 3 is 1.34 bits per heavy atom. The predicted octanol–water partition coefficient (Wildman–Crippen LogP) is -1.04. The van der Waals surface area contributed by atoms with Crippen LogP contribution in [0.3, 0.4) is 0 Å². The Morgan fingerprint density at radius 2 is 0.969 bits per heavy atom. The quantitative estimate of drug-likeness (QED) is 0.349. The molecule has 0 amide bonds. The van der Waals surface area contributed by atoms with Gasteiger partial charge in [-0.1, -0.05) is 20.8 Å². The maximum absolute atomic E-state index is 11.6. The van der Waals surface area contributed by atoms with Gasteiger partial charge in [0.25, 0.3) is 0 Å². The van der Waals surface area contributed by atoms with Gasteiger partial charge >= 0.3 is 23.9 Å². The second kappa shape index (κ2) is 12.7. The standard InChI is InChI=1S/C20H36N4O8/c1-20(2,3)15-10-23(13-18(29)30)7-6-21(11-16(25)26)4-5-22(12-17(27)28)8-9-24(15)14-19(31)32/h15H,4-14H2,1-3H3,(H,25,26)(H,27,28)(H,29,30)(H,31,32). The monoisotopic (exact) mass is 460 g/mol. The van der Waals surface area contributed by atoms with Gasteiger partial charge in [-0.15, -0.1) is 0 Å². The summed E-state index contributed by atoms with van der Waals surface area (Å²) >= 11 is 0. The van der Waals surface area contributed by atoms with E-state index >= 15 is 0 Å². The van der Waals surface area contributed by atoms with Gasteiger partial charge in [-0.2, -0.15) is 0 Å². The van der Waals surface area contributed by atoms with E-state index in [1.807, 2.05) is 20.8 Å². The molecule has 4 N–H and O–H groups in total. The second-order valence-corrected chi connectivity index (χ2v) is 9.21. The Bertz CT molecular complexity index is 666. The van der Waals surface area contributed by atoms with Gasteiger partial charge < -0.3 is 20.4 Å². The molecule has 12 nitrogen and oxygen atoms in total. The lowest BCUT2D eigenvalue weighted by atomic mass is 9.85. The van der Waals surface area contributed by atoms with E-state index in [2.05, 4.69) is 0 Å². The average molecular weight is 461 g/mol. The van der Waals surface area contributed by atoms with Crippen LogP contribution in [-0.2, 0) is 19.2 Å². The number of aliphatic carboxylic acids is 4. The highest BCUT2D eigenvalue weighted by Gasteiger charge is 2.34. The molecule has 0 aromatic heterocycles. The molecule has 0 aromatic carbocycles. The molecule has 0 radical (unpaired) electrons. The summed E-state index contributed by atoms with van der Waals surface area (Å²) in [5, 5.41) is 37.3. The lowest BCUT2D eigenvalue weighted by molar-refractivity contribution is -0.142. The molecule has 1 atom stereocenters. The first-order valence-corrected chi connectivity index (χ1v) is 10.6. The zero-order valence-corrected chi connectivity index (χ0v) is 19.1. The van der Waals surface area contributed by atoms with Crippen LogP contribution in [0, 0.1) is 5.41 Å². The normalized spacial score (nSPS) is 21.4. The molecule has 1 aliphatic rings. The molecular formula is C20H36N4O8. The summed E-state index contributed by atoms with van der Waals surface area (Å²) in [6, 6.07) is -0.322. The topological polar surface area (TPSA) is 162 Å². The van der Waals surface area contributed by atoms with E-state index in [1.54, 1.807) is 19.6 Å². The fourth-order valence-corrected chi connectivity index (χ4v) is 3.88. The molecule has 1 fully saturated rings. The van der Waals surface area contributed by atoms with Crippen LogP contribution >= 0.6 is 0 Å². The number of carbonyl (C=O) groups is 4. The molecule has 0 bridgehead atoms. The zero-order valence-electron chi connectivity index (χ0n) is 19.1. The third kappa shape index (κ3) is 10.8. The smallest absolute Gasteiger partial charge is 0.317 e. The maximum Gasteiger partial charge on any atom is 0.317 e. The van der Waals surface area contributed by atoms with Gasteiger partial charge in [-0.05, 0) is 5.41 Å². The molecule has 0 spiro atoms. The number of nitrogens with zero attached hydrogens (tertiary/aromatic N) is 4. The van der Waals surface area contributed by atoms with Gasteiger partial charge in [0.2, 0.25) is 0 Å². The second-order valence-electron chi connectivity index (χ2n) is 9.21. The third-order valence-corrected chi connectivity index (χ3v) is 5.45. The van der Waals surface area contributed by atoms with Crippen molar-refractivity contribution in [2.24, 2.45) is 5.41 Å². The first kappa shape index (κ1) is 27.8. The molecule has 32 heavy (non-hydrogen) atoms. The van der Waals surface area contributed by atoms with Gasteiger partial charge in [0.05, 0.1) is 26.2 Å². The molecule has 1 rings (SSSR count). The van der Waals surface area contributed by atoms with Crippen molar-refractivity contribution in [1.29, 1.82) is 0 Å². The summed E-state index contributed by atoms with van der Waals surface area (Å²) in [6.45, 7) is 6.85. The van der Waals surface area contributed by atoms with Crippen molar-refractivity contribution in [2.75, 3.05) is 72.0 Å². The summed E-state index contributed by atoms with van der Waals surface area (Å²) in [6.07, 6.45) is 0. The van der Waals surface area contributed by atoms with Gasteiger partial charge in [-0.25, -0.2) is 0 Å². The summed E-state index contributed by atoms with van der Waals surface area (Å²) in [5.41, 5.74) is -0.394. The van der Waals surface area contributed by atoms with Crippen LogP contribution in [-0.4, -0.2) is 142 Å². The number of carboxylic acids is 4. The van der Waals surface area contributed by atoms with Crippen LogP contribution in [0.2, 0.25) is 0 Å². The Morgan fingerprint density at radius 1 is 0.625 bits per heavy atom. The maximum atomic E-state index is 11.6. The summed E-state index contributed by atoms with van der Waals surface area (Å²) in [7, 11) is 0. The molecule has 0 saturated carbocycles. The van der Waals surface area contributed by atoms with Crippen LogP contribution in [0.25, 0.3) is 0 Å². The average Bonchev–Trinajstić information content (AvgIpc) is 2.61. The summed E-state index contributed by atoms with van der Waals surface area (Å²) in [4.78, 5) is 52.4. The number of hydrogen-bond acceptors (Lipinski definition) is 8. The first-order valence-electron chi connectivity index (χ1n) is 10.6. The minimum absolute atomic E-state index is 0.240. The highest BCUT2D eigenvalue weighted by atomic mass is 16.4. The molecule has 12 heteroatoms. The minimum atomic E-state index is -1.02. The molecule has 0 aliphatic carbocycles. The van der Waals surface area contributed by atoms with E-state index in [9.17, 15) is 39.6 Å². The molecule has 184 valence electrons. The van der Waals surface area contributed by atoms with E-state index in [1.165, 1.54) is 0 Å². The summed E-state index contributed by atoms with van der Waals surface area (Å²) < 4.78 is 0. The van der Waals surface area contributed by atoms with Gasteiger partial charge in [0, 0.05) is 51.9 Å². The molecule has 1 unspecified atom stereocenters. The molecular weight excluding hydrogens is 424 g/mol. The first-order chi connectivity index (χ1) is 14.8. The predicted molar refractivity (Wildman–Crippen MR) is 115 cm³/mol.